The highest BCUT2D eigenvalue weighted by molar-refractivity contribution is 5.85. The second-order valence-corrected chi connectivity index (χ2v) is 6.19. The lowest BCUT2D eigenvalue weighted by Crippen LogP contribution is -2.48. The molecule has 3 nitrogen and oxygen atoms in total. The molecule has 1 atom stereocenters. The Morgan fingerprint density at radius 1 is 1.30 bits per heavy atom. The van der Waals surface area contributed by atoms with Crippen molar-refractivity contribution in [3.63, 3.8) is 0 Å². The number of ether oxygens (including phenoxy) is 2. The first-order chi connectivity index (χ1) is 9.12. The van der Waals surface area contributed by atoms with Crippen LogP contribution in [0.15, 0.2) is 18.2 Å². The van der Waals surface area contributed by atoms with E-state index in [1.807, 2.05) is 25.1 Å². The van der Waals surface area contributed by atoms with Gasteiger partial charge in [0.25, 0.3) is 0 Å². The molecule has 2 aliphatic carbocycles. The largest absolute Gasteiger partial charge is 0.497 e. The normalized spacial score (nSPS) is 21.4. The predicted molar refractivity (Wildman–Crippen MR) is 82.8 cm³/mol. The van der Waals surface area contributed by atoms with E-state index in [0.29, 0.717) is 11.5 Å². The van der Waals surface area contributed by atoms with Crippen molar-refractivity contribution in [2.45, 2.75) is 51.2 Å². The summed E-state index contributed by atoms with van der Waals surface area (Å²) in [6.07, 6.45) is 6.98. The molecule has 0 heterocycles. The molecule has 2 aliphatic rings. The van der Waals surface area contributed by atoms with Crippen molar-refractivity contribution in [2.75, 3.05) is 7.11 Å². The summed E-state index contributed by atoms with van der Waals surface area (Å²) in [5, 5.41) is 0. The van der Waals surface area contributed by atoms with E-state index in [1.165, 1.54) is 32.1 Å². The molecular formula is C16H24ClNO2. The molecule has 0 amide bonds. The van der Waals surface area contributed by atoms with E-state index in [-0.39, 0.29) is 18.4 Å². The third kappa shape index (κ3) is 2.75. The van der Waals surface area contributed by atoms with E-state index >= 15 is 0 Å². The maximum Gasteiger partial charge on any atom is 0.128 e. The first-order valence-electron chi connectivity index (χ1n) is 7.22. The summed E-state index contributed by atoms with van der Waals surface area (Å²) in [6, 6.07) is 5.90. The Morgan fingerprint density at radius 2 is 2.00 bits per heavy atom. The molecule has 2 N–H and O–H groups in total. The quantitative estimate of drug-likeness (QED) is 0.918. The summed E-state index contributed by atoms with van der Waals surface area (Å²) in [6.45, 7) is 1.99. The summed E-state index contributed by atoms with van der Waals surface area (Å²) in [4.78, 5) is 0. The highest BCUT2D eigenvalue weighted by atomic mass is 35.5. The maximum absolute atomic E-state index is 6.16. The van der Waals surface area contributed by atoms with Crippen LogP contribution in [0.3, 0.4) is 0 Å². The topological polar surface area (TPSA) is 44.5 Å². The summed E-state index contributed by atoms with van der Waals surface area (Å²) >= 11 is 0. The number of hydrogen-bond acceptors (Lipinski definition) is 3. The van der Waals surface area contributed by atoms with Crippen molar-refractivity contribution in [3.05, 3.63) is 23.8 Å². The molecule has 112 valence electrons. The molecule has 1 aromatic carbocycles. The molecular weight excluding hydrogens is 274 g/mol. The standard InChI is InChI=1S/C16H23NO2.ClH/c1-11(17)14-5-4-12(18-2)8-15(14)19-13-9-16(10-13)6-3-7-16;/h4-5,8,11,13H,3,6-7,9-10,17H2,1-2H3;1H/t11-;/m0./s1. The molecule has 0 saturated heterocycles. The minimum absolute atomic E-state index is 0. The number of halogens is 1. The van der Waals surface area contributed by atoms with Crippen LogP contribution in [0.2, 0.25) is 0 Å². The zero-order valence-corrected chi connectivity index (χ0v) is 13.0. The van der Waals surface area contributed by atoms with E-state index in [9.17, 15) is 0 Å². The van der Waals surface area contributed by atoms with Gasteiger partial charge in [-0.05, 0) is 44.1 Å². The summed E-state index contributed by atoms with van der Waals surface area (Å²) in [5.41, 5.74) is 7.71. The van der Waals surface area contributed by atoms with Crippen LogP contribution in [0.5, 0.6) is 11.5 Å². The summed E-state index contributed by atoms with van der Waals surface area (Å²) in [5.74, 6) is 1.73. The van der Waals surface area contributed by atoms with Crippen LogP contribution in [-0.2, 0) is 0 Å². The van der Waals surface area contributed by atoms with Gasteiger partial charge in [0.05, 0.1) is 13.2 Å². The van der Waals surface area contributed by atoms with Crippen molar-refractivity contribution in [1.29, 1.82) is 0 Å². The lowest BCUT2D eigenvalue weighted by molar-refractivity contribution is -0.0685. The van der Waals surface area contributed by atoms with Crippen LogP contribution in [-0.4, -0.2) is 13.2 Å². The van der Waals surface area contributed by atoms with Gasteiger partial charge in [-0.25, -0.2) is 0 Å². The fraction of sp³-hybridized carbons (Fsp3) is 0.625. The van der Waals surface area contributed by atoms with Crippen LogP contribution in [0.4, 0.5) is 0 Å². The molecule has 2 fully saturated rings. The third-order valence-electron chi connectivity index (χ3n) is 4.74. The fourth-order valence-corrected chi connectivity index (χ4v) is 3.37. The van der Waals surface area contributed by atoms with E-state index in [4.69, 9.17) is 15.2 Å². The Kier molecular flexibility index (Phi) is 4.50. The monoisotopic (exact) mass is 297 g/mol. The Bertz CT molecular complexity index is 464. The van der Waals surface area contributed by atoms with Gasteiger partial charge in [0.2, 0.25) is 0 Å². The molecule has 0 radical (unpaired) electrons. The lowest BCUT2D eigenvalue weighted by Gasteiger charge is -2.53. The third-order valence-corrected chi connectivity index (χ3v) is 4.74. The number of hydrogen-bond donors (Lipinski definition) is 1. The van der Waals surface area contributed by atoms with Gasteiger partial charge in [-0.15, -0.1) is 12.4 Å². The Labute approximate surface area is 127 Å². The average Bonchev–Trinajstić information content (AvgIpc) is 2.30. The van der Waals surface area contributed by atoms with Gasteiger partial charge in [0.15, 0.2) is 0 Å². The molecule has 1 spiro atoms. The zero-order chi connectivity index (χ0) is 13.5. The van der Waals surface area contributed by atoms with Crippen molar-refractivity contribution in [1.82, 2.24) is 0 Å². The summed E-state index contributed by atoms with van der Waals surface area (Å²) in [7, 11) is 1.68. The van der Waals surface area contributed by atoms with E-state index in [2.05, 4.69) is 0 Å². The molecule has 0 bridgehead atoms. The van der Waals surface area contributed by atoms with Gasteiger partial charge in [0, 0.05) is 17.7 Å². The Hall–Kier alpha value is -0.930. The van der Waals surface area contributed by atoms with Crippen molar-refractivity contribution >= 4 is 12.4 Å². The molecule has 0 unspecified atom stereocenters. The Balaban J connectivity index is 0.00000147. The van der Waals surface area contributed by atoms with Crippen molar-refractivity contribution < 1.29 is 9.47 Å². The number of rotatable bonds is 4. The van der Waals surface area contributed by atoms with Crippen LogP contribution >= 0.6 is 12.4 Å². The highest BCUT2D eigenvalue weighted by Gasteiger charge is 2.49. The molecule has 4 heteroatoms. The predicted octanol–water partition coefficient (Wildman–Crippen LogP) is 3.85. The van der Waals surface area contributed by atoms with Crippen LogP contribution in [0, 0.1) is 5.41 Å². The second kappa shape index (κ2) is 5.82. The van der Waals surface area contributed by atoms with Crippen molar-refractivity contribution in [3.8, 4) is 11.5 Å². The zero-order valence-electron chi connectivity index (χ0n) is 12.2. The van der Waals surface area contributed by atoms with Crippen LogP contribution in [0.25, 0.3) is 0 Å². The smallest absolute Gasteiger partial charge is 0.128 e. The molecule has 0 aliphatic heterocycles. The maximum atomic E-state index is 6.16. The molecule has 20 heavy (non-hydrogen) atoms. The van der Waals surface area contributed by atoms with Gasteiger partial charge in [0.1, 0.15) is 11.5 Å². The van der Waals surface area contributed by atoms with Gasteiger partial charge in [-0.2, -0.15) is 0 Å². The first-order valence-corrected chi connectivity index (χ1v) is 7.22. The molecule has 0 aromatic heterocycles. The minimum atomic E-state index is -0.0151. The van der Waals surface area contributed by atoms with Crippen LogP contribution < -0.4 is 15.2 Å². The van der Waals surface area contributed by atoms with Gasteiger partial charge >= 0.3 is 0 Å². The van der Waals surface area contributed by atoms with E-state index in [1.54, 1.807) is 7.11 Å². The number of nitrogens with two attached hydrogens (primary N) is 1. The molecule has 2 saturated carbocycles. The average molecular weight is 298 g/mol. The second-order valence-electron chi connectivity index (χ2n) is 6.19. The fourth-order valence-electron chi connectivity index (χ4n) is 3.37. The van der Waals surface area contributed by atoms with Gasteiger partial charge in [-0.1, -0.05) is 12.5 Å². The minimum Gasteiger partial charge on any atom is -0.497 e. The van der Waals surface area contributed by atoms with E-state index in [0.717, 1.165) is 17.1 Å². The Morgan fingerprint density at radius 3 is 2.50 bits per heavy atom. The number of benzene rings is 1. The number of methoxy groups -OCH3 is 1. The van der Waals surface area contributed by atoms with Crippen LogP contribution in [0.1, 0.15) is 50.6 Å². The SMILES string of the molecule is COc1ccc([C@H](C)N)c(OC2CC3(CCC3)C2)c1.Cl. The van der Waals surface area contributed by atoms with Gasteiger partial charge in [-0.3, -0.25) is 0 Å². The lowest BCUT2D eigenvalue weighted by atomic mass is 9.55. The highest BCUT2D eigenvalue weighted by Crippen LogP contribution is 2.56. The van der Waals surface area contributed by atoms with Crippen molar-refractivity contribution in [2.24, 2.45) is 11.1 Å². The molecule has 3 rings (SSSR count). The summed E-state index contributed by atoms with van der Waals surface area (Å²) < 4.78 is 11.4. The molecule has 1 aromatic rings. The van der Waals surface area contributed by atoms with Gasteiger partial charge < -0.3 is 15.2 Å². The first kappa shape index (κ1) is 15.5. The van der Waals surface area contributed by atoms with E-state index < -0.39 is 0 Å².